The molecule has 0 fully saturated rings. The lowest BCUT2D eigenvalue weighted by Gasteiger charge is -2.09. The van der Waals surface area contributed by atoms with Crippen molar-refractivity contribution in [3.05, 3.63) is 10.6 Å². The van der Waals surface area contributed by atoms with E-state index >= 15 is 0 Å². The topological polar surface area (TPSA) is 144 Å². The molecule has 0 radical (unpaired) electrons. The minimum absolute atomic E-state index is 0.136. The Labute approximate surface area is 197 Å². The van der Waals surface area contributed by atoms with Crippen molar-refractivity contribution in [1.82, 2.24) is 29.9 Å². The Kier molecular flexibility index (Phi) is 12.6. The predicted octanol–water partition coefficient (Wildman–Crippen LogP) is 2.56. The van der Waals surface area contributed by atoms with Crippen LogP contribution in [0.1, 0.15) is 26.7 Å². The third-order valence-corrected chi connectivity index (χ3v) is 4.05. The van der Waals surface area contributed by atoms with Gasteiger partial charge in [-0.1, -0.05) is 13.8 Å². The molecule has 0 amide bonds. The first-order chi connectivity index (χ1) is 15.6. The summed E-state index contributed by atoms with van der Waals surface area (Å²) in [6, 6.07) is 0. The van der Waals surface area contributed by atoms with Crippen molar-refractivity contribution >= 4 is 47.0 Å². The van der Waals surface area contributed by atoms with Gasteiger partial charge in [-0.3, -0.25) is 0 Å². The Bertz CT molecular complexity index is 737. The molecule has 14 heteroatoms. The molecule has 0 saturated heterocycles. The van der Waals surface area contributed by atoms with E-state index in [-0.39, 0.29) is 10.6 Å². The van der Waals surface area contributed by atoms with Gasteiger partial charge in [0.05, 0.1) is 26.4 Å². The number of halogens is 2. The van der Waals surface area contributed by atoms with Gasteiger partial charge in [0.2, 0.25) is 34.4 Å². The van der Waals surface area contributed by atoms with E-state index in [0.29, 0.717) is 63.3 Å². The van der Waals surface area contributed by atoms with Gasteiger partial charge in [0.15, 0.2) is 0 Å². The maximum atomic E-state index is 5.91. The molecule has 0 saturated carbocycles. The van der Waals surface area contributed by atoms with Crippen LogP contribution >= 0.6 is 23.2 Å². The van der Waals surface area contributed by atoms with Crippen molar-refractivity contribution in [2.45, 2.75) is 26.7 Å². The number of hydrogen-bond acceptors (Lipinski definition) is 12. The second kappa shape index (κ2) is 15.5. The Balaban J connectivity index is 1.52. The lowest BCUT2D eigenvalue weighted by atomic mass is 10.5. The van der Waals surface area contributed by atoms with Gasteiger partial charge < -0.3 is 30.7 Å². The third kappa shape index (κ3) is 10.8. The Morgan fingerprint density at radius 3 is 1.22 bits per heavy atom. The zero-order chi connectivity index (χ0) is 23.0. The van der Waals surface area contributed by atoms with Crippen LogP contribution < -0.4 is 21.3 Å². The van der Waals surface area contributed by atoms with E-state index in [0.717, 1.165) is 25.9 Å². The molecule has 0 atom stereocenters. The first-order valence-corrected chi connectivity index (χ1v) is 11.3. The zero-order valence-corrected chi connectivity index (χ0v) is 19.8. The van der Waals surface area contributed by atoms with E-state index in [9.17, 15) is 0 Å². The maximum absolute atomic E-state index is 5.91. The fourth-order valence-electron chi connectivity index (χ4n) is 2.28. The highest BCUT2D eigenvalue weighted by atomic mass is 35.5. The first kappa shape index (κ1) is 26.0. The summed E-state index contributed by atoms with van der Waals surface area (Å²) in [6.45, 7) is 8.57. The molecular weight excluding hydrogens is 459 g/mol. The Morgan fingerprint density at radius 1 is 0.531 bits per heavy atom. The smallest absolute Gasteiger partial charge is 0.228 e. The maximum Gasteiger partial charge on any atom is 0.228 e. The van der Waals surface area contributed by atoms with E-state index in [1.807, 2.05) is 0 Å². The van der Waals surface area contributed by atoms with Crippen LogP contribution in [0, 0.1) is 0 Å². The van der Waals surface area contributed by atoms with Crippen LogP contribution in [0.2, 0.25) is 10.6 Å². The fraction of sp³-hybridized carbons (Fsp3) is 0.667. The summed E-state index contributed by atoms with van der Waals surface area (Å²) in [6.07, 6.45) is 1.92. The van der Waals surface area contributed by atoms with Crippen LogP contribution in [0.4, 0.5) is 23.8 Å². The van der Waals surface area contributed by atoms with Crippen LogP contribution in [0.15, 0.2) is 0 Å². The van der Waals surface area contributed by atoms with Gasteiger partial charge in [0, 0.05) is 26.2 Å². The number of rotatable bonds is 17. The summed E-state index contributed by atoms with van der Waals surface area (Å²) < 4.78 is 11.1. The fourth-order valence-corrected chi connectivity index (χ4v) is 2.60. The van der Waals surface area contributed by atoms with Crippen molar-refractivity contribution in [1.29, 1.82) is 0 Å². The molecule has 2 aromatic rings. The van der Waals surface area contributed by atoms with Gasteiger partial charge in [-0.2, -0.15) is 29.9 Å². The SMILES string of the molecule is CCCNc1nc(Cl)nc(NCCOCCOCCNc2nc(Cl)nc(NCCC)n2)n1. The van der Waals surface area contributed by atoms with Crippen molar-refractivity contribution in [3.8, 4) is 0 Å². The van der Waals surface area contributed by atoms with E-state index < -0.39 is 0 Å². The number of nitrogens with one attached hydrogen (secondary N) is 4. The lowest BCUT2D eigenvalue weighted by molar-refractivity contribution is 0.0556. The van der Waals surface area contributed by atoms with E-state index in [4.69, 9.17) is 32.7 Å². The van der Waals surface area contributed by atoms with Gasteiger partial charge >= 0.3 is 0 Å². The summed E-state index contributed by atoms with van der Waals surface area (Å²) in [5, 5.41) is 12.5. The molecule has 0 bridgehead atoms. The number of aromatic nitrogens is 6. The number of nitrogens with zero attached hydrogens (tertiary/aromatic N) is 6. The number of anilines is 4. The second-order valence-corrected chi connectivity index (χ2v) is 7.11. The van der Waals surface area contributed by atoms with E-state index in [1.54, 1.807) is 0 Å². The largest absolute Gasteiger partial charge is 0.377 e. The molecular formula is C18H30Cl2N10O2. The Hall–Kier alpha value is -2.28. The molecule has 0 aliphatic heterocycles. The summed E-state index contributed by atoms with van der Waals surface area (Å²) in [7, 11) is 0. The molecule has 4 N–H and O–H groups in total. The predicted molar refractivity (Wildman–Crippen MR) is 126 cm³/mol. The first-order valence-electron chi connectivity index (χ1n) is 10.5. The van der Waals surface area contributed by atoms with E-state index in [2.05, 4.69) is 65.0 Å². The number of ether oxygens (including phenoxy) is 2. The molecule has 0 unspecified atom stereocenters. The molecule has 0 aliphatic rings. The van der Waals surface area contributed by atoms with Gasteiger partial charge in [0.1, 0.15) is 0 Å². The Morgan fingerprint density at radius 2 is 0.875 bits per heavy atom. The van der Waals surface area contributed by atoms with Crippen LogP contribution in [0.5, 0.6) is 0 Å². The summed E-state index contributed by atoms with van der Waals surface area (Å²) in [5.74, 6) is 1.71. The highest BCUT2D eigenvalue weighted by molar-refractivity contribution is 6.28. The van der Waals surface area contributed by atoms with Crippen molar-refractivity contribution in [2.24, 2.45) is 0 Å². The molecule has 0 aromatic carbocycles. The molecule has 12 nitrogen and oxygen atoms in total. The molecule has 2 heterocycles. The van der Waals surface area contributed by atoms with E-state index in [1.165, 1.54) is 0 Å². The van der Waals surface area contributed by atoms with Crippen LogP contribution in [-0.2, 0) is 9.47 Å². The van der Waals surface area contributed by atoms with Crippen LogP contribution in [0.3, 0.4) is 0 Å². The van der Waals surface area contributed by atoms with Gasteiger partial charge in [-0.15, -0.1) is 0 Å². The standard InChI is InChI=1S/C18H30Cl2N10O2/c1-3-5-21-15-25-13(19)27-17(29-15)23-7-9-31-11-12-32-10-8-24-18-28-14(20)26-16(30-18)22-6-4-2/h3-12H2,1-2H3,(H2,21,23,25,27,29)(H2,22,24,26,28,30). The summed E-state index contributed by atoms with van der Waals surface area (Å²) in [4.78, 5) is 24.6. The van der Waals surface area contributed by atoms with Crippen molar-refractivity contribution in [3.63, 3.8) is 0 Å². The van der Waals surface area contributed by atoms with Gasteiger partial charge in [-0.05, 0) is 36.0 Å². The molecule has 2 aromatic heterocycles. The molecule has 2 rings (SSSR count). The molecule has 0 aliphatic carbocycles. The lowest BCUT2D eigenvalue weighted by Crippen LogP contribution is -2.17. The average molecular weight is 489 g/mol. The summed E-state index contributed by atoms with van der Waals surface area (Å²) in [5.41, 5.74) is 0. The van der Waals surface area contributed by atoms with Gasteiger partial charge in [0.25, 0.3) is 0 Å². The highest BCUT2D eigenvalue weighted by Gasteiger charge is 2.05. The van der Waals surface area contributed by atoms with Crippen LogP contribution in [-0.4, -0.2) is 82.5 Å². The van der Waals surface area contributed by atoms with Gasteiger partial charge in [-0.25, -0.2) is 0 Å². The van der Waals surface area contributed by atoms with Crippen molar-refractivity contribution < 1.29 is 9.47 Å². The molecule has 0 spiro atoms. The molecule has 32 heavy (non-hydrogen) atoms. The number of hydrogen-bond donors (Lipinski definition) is 4. The summed E-state index contributed by atoms with van der Waals surface area (Å²) >= 11 is 11.8. The zero-order valence-electron chi connectivity index (χ0n) is 18.3. The minimum Gasteiger partial charge on any atom is -0.377 e. The minimum atomic E-state index is 0.136. The average Bonchev–Trinajstić information content (AvgIpc) is 2.77. The van der Waals surface area contributed by atoms with Crippen LogP contribution in [0.25, 0.3) is 0 Å². The van der Waals surface area contributed by atoms with Crippen molar-refractivity contribution in [2.75, 3.05) is 73.9 Å². The highest BCUT2D eigenvalue weighted by Crippen LogP contribution is 2.10. The third-order valence-electron chi connectivity index (χ3n) is 3.71. The molecule has 178 valence electrons. The quantitative estimate of drug-likeness (QED) is 0.242. The second-order valence-electron chi connectivity index (χ2n) is 6.44. The monoisotopic (exact) mass is 488 g/mol. The normalized spacial score (nSPS) is 10.8.